The molecule has 5 amide bonds. The number of nitrogens with two attached hydrogens (primary N) is 1. The molecule has 0 aliphatic heterocycles. The predicted octanol–water partition coefficient (Wildman–Crippen LogP) is 3.50. The molecule has 1 aliphatic carbocycles. The average Bonchev–Trinajstić information content (AvgIpc) is 3.47. The molecule has 0 saturated heterocycles. The Kier molecular flexibility index (Phi) is 16.8. The number of carbonyl (C=O) groups excluding carboxylic acids is 5. The van der Waals surface area contributed by atoms with E-state index in [-0.39, 0.29) is 37.7 Å². The van der Waals surface area contributed by atoms with Gasteiger partial charge in [0.25, 0.3) is 0 Å². The van der Waals surface area contributed by atoms with Gasteiger partial charge in [-0.1, -0.05) is 100 Å². The first-order chi connectivity index (χ1) is 25.3. The van der Waals surface area contributed by atoms with E-state index >= 15 is 0 Å². The number of nitrogens with one attached hydrogen (secondary N) is 5. The van der Waals surface area contributed by atoms with Crippen molar-refractivity contribution in [1.29, 1.82) is 0 Å². The third kappa shape index (κ3) is 12.9. The Morgan fingerprint density at radius 1 is 0.750 bits per heavy atom. The maximum atomic E-state index is 13.1. The third-order valence-corrected chi connectivity index (χ3v) is 10.9. The monoisotopic (exact) mass is 748 g/mol. The fourth-order valence-corrected chi connectivity index (χ4v) is 7.86. The Balaban J connectivity index is 1.16. The highest BCUT2D eigenvalue weighted by molar-refractivity contribution is 8.76. The van der Waals surface area contributed by atoms with Crippen LogP contribution in [0.2, 0.25) is 0 Å². The van der Waals surface area contributed by atoms with E-state index < -0.39 is 42.4 Å². The molecule has 0 spiro atoms. The number of ether oxygens (including phenoxy) is 1. The van der Waals surface area contributed by atoms with E-state index in [0.29, 0.717) is 25.1 Å². The van der Waals surface area contributed by atoms with Crippen LogP contribution in [0, 0.1) is 0 Å². The van der Waals surface area contributed by atoms with Crippen LogP contribution in [0.3, 0.4) is 0 Å². The standard InChI is InChI=1S/C38H48N6O6S2/c1-40-20-22-52-51-21-18-34(45)44-33(23-26-11-3-2-4-12-26)37(48)42-24-35(46)43-32(36(39)47)17-9-10-19-41-38(49)50-25-31-29-15-7-5-13-27(29)28-14-6-8-16-30(28)31/h2-8,11-16,31-33,40H,9-10,17-25H2,1H3,(H2,39,47)(H,41,49)(H,42,48)(H,43,46)(H,44,45). The van der Waals surface area contributed by atoms with Crippen molar-refractivity contribution in [2.75, 3.05) is 44.8 Å². The largest absolute Gasteiger partial charge is 0.449 e. The van der Waals surface area contributed by atoms with Gasteiger partial charge in [-0.3, -0.25) is 19.2 Å². The number of benzene rings is 3. The third-order valence-electron chi connectivity index (χ3n) is 8.50. The van der Waals surface area contributed by atoms with Crippen molar-refractivity contribution >= 4 is 51.3 Å². The summed E-state index contributed by atoms with van der Waals surface area (Å²) in [5.41, 5.74) is 11.0. The zero-order chi connectivity index (χ0) is 37.1. The van der Waals surface area contributed by atoms with E-state index in [1.807, 2.05) is 61.6 Å². The van der Waals surface area contributed by atoms with Gasteiger partial charge in [0.15, 0.2) is 0 Å². The molecule has 12 nitrogen and oxygen atoms in total. The maximum absolute atomic E-state index is 13.1. The molecule has 2 atom stereocenters. The zero-order valence-corrected chi connectivity index (χ0v) is 31.0. The molecule has 4 rings (SSSR count). The lowest BCUT2D eigenvalue weighted by atomic mass is 9.98. The molecule has 0 bridgehead atoms. The SMILES string of the molecule is CNCCSSCCC(=O)NC(Cc1ccccc1)C(=O)NCC(=O)NC(CCCCNC(=O)OCC1c2ccccc2-c2ccccc21)C(N)=O. The molecule has 3 aromatic carbocycles. The van der Waals surface area contributed by atoms with Gasteiger partial charge in [0.2, 0.25) is 23.6 Å². The van der Waals surface area contributed by atoms with Gasteiger partial charge in [-0.25, -0.2) is 4.79 Å². The topological polar surface area (TPSA) is 181 Å². The highest BCUT2D eigenvalue weighted by atomic mass is 33.1. The van der Waals surface area contributed by atoms with Crippen LogP contribution >= 0.6 is 21.6 Å². The molecule has 7 N–H and O–H groups in total. The summed E-state index contributed by atoms with van der Waals surface area (Å²) < 4.78 is 5.57. The molecule has 0 aromatic heterocycles. The summed E-state index contributed by atoms with van der Waals surface area (Å²) in [5, 5.41) is 13.8. The van der Waals surface area contributed by atoms with Gasteiger partial charge < -0.3 is 37.1 Å². The van der Waals surface area contributed by atoms with Crippen molar-refractivity contribution in [1.82, 2.24) is 26.6 Å². The minimum absolute atomic E-state index is 0.0389. The Morgan fingerprint density at radius 2 is 1.38 bits per heavy atom. The van der Waals surface area contributed by atoms with E-state index in [2.05, 4.69) is 50.8 Å². The van der Waals surface area contributed by atoms with Crippen LogP contribution < -0.4 is 32.3 Å². The number of primary amides is 1. The summed E-state index contributed by atoms with van der Waals surface area (Å²) in [6, 6.07) is 23.7. The van der Waals surface area contributed by atoms with Crippen LogP contribution in [-0.2, 0) is 30.3 Å². The zero-order valence-electron chi connectivity index (χ0n) is 29.4. The second-order valence-electron chi connectivity index (χ2n) is 12.3. The molecular formula is C38H48N6O6S2. The lowest BCUT2D eigenvalue weighted by Gasteiger charge is -2.20. The summed E-state index contributed by atoms with van der Waals surface area (Å²) in [6.45, 7) is 1.00. The molecule has 0 fully saturated rings. The van der Waals surface area contributed by atoms with E-state index in [4.69, 9.17) is 10.5 Å². The lowest BCUT2D eigenvalue weighted by molar-refractivity contribution is -0.131. The molecule has 0 radical (unpaired) electrons. The maximum Gasteiger partial charge on any atom is 0.407 e. The molecule has 1 aliphatic rings. The first-order valence-electron chi connectivity index (χ1n) is 17.4. The average molecular weight is 749 g/mol. The number of carbonyl (C=O) groups is 5. The number of fused-ring (bicyclic) bond motifs is 3. The molecule has 2 unspecified atom stereocenters. The Labute approximate surface area is 312 Å². The molecule has 3 aromatic rings. The minimum atomic E-state index is -0.956. The lowest BCUT2D eigenvalue weighted by Crippen LogP contribution is -2.52. The van der Waals surface area contributed by atoms with Crippen LogP contribution in [0.25, 0.3) is 11.1 Å². The number of alkyl carbamates (subject to hydrolysis) is 1. The summed E-state index contributed by atoms with van der Waals surface area (Å²) in [6.07, 6.45) is 1.22. The van der Waals surface area contributed by atoms with Crippen molar-refractivity contribution in [3.05, 3.63) is 95.6 Å². The quantitative estimate of drug-likeness (QED) is 0.0663. The van der Waals surface area contributed by atoms with Crippen molar-refractivity contribution in [2.45, 2.75) is 50.1 Å². The van der Waals surface area contributed by atoms with Crippen LogP contribution in [-0.4, -0.2) is 86.6 Å². The van der Waals surface area contributed by atoms with Gasteiger partial charge in [0.1, 0.15) is 18.7 Å². The molecular weight excluding hydrogens is 701 g/mol. The Bertz CT molecular complexity index is 1600. The molecule has 52 heavy (non-hydrogen) atoms. The van der Waals surface area contributed by atoms with Gasteiger partial charge in [-0.05, 0) is 54.1 Å². The summed E-state index contributed by atoms with van der Waals surface area (Å²) in [5.74, 6) is -0.594. The van der Waals surface area contributed by atoms with Gasteiger partial charge in [0, 0.05) is 43.4 Å². The molecule has 14 heteroatoms. The van der Waals surface area contributed by atoms with E-state index in [1.165, 1.54) is 0 Å². The first kappa shape index (κ1) is 40.2. The second kappa shape index (κ2) is 21.7. The number of rotatable bonds is 22. The smallest absolute Gasteiger partial charge is 0.407 e. The Morgan fingerprint density at radius 3 is 2.06 bits per heavy atom. The second-order valence-corrected chi connectivity index (χ2v) is 15.0. The van der Waals surface area contributed by atoms with Gasteiger partial charge in [0.05, 0.1) is 6.54 Å². The van der Waals surface area contributed by atoms with E-state index in [0.717, 1.165) is 40.1 Å². The van der Waals surface area contributed by atoms with Crippen molar-refractivity contribution < 1.29 is 28.7 Å². The summed E-state index contributed by atoms with van der Waals surface area (Å²) >= 11 is 0. The van der Waals surface area contributed by atoms with Gasteiger partial charge in [-0.15, -0.1) is 0 Å². The summed E-state index contributed by atoms with van der Waals surface area (Å²) in [4.78, 5) is 63.1. The molecule has 0 saturated carbocycles. The first-order valence-corrected chi connectivity index (χ1v) is 19.9. The van der Waals surface area contributed by atoms with Crippen molar-refractivity contribution in [3.8, 4) is 11.1 Å². The number of unbranched alkanes of at least 4 members (excludes halogenated alkanes) is 1. The highest BCUT2D eigenvalue weighted by Gasteiger charge is 2.29. The fraction of sp³-hybridized carbons (Fsp3) is 0.395. The van der Waals surface area contributed by atoms with Crippen LogP contribution in [0.4, 0.5) is 4.79 Å². The van der Waals surface area contributed by atoms with Gasteiger partial charge >= 0.3 is 6.09 Å². The molecule has 278 valence electrons. The predicted molar refractivity (Wildman–Crippen MR) is 207 cm³/mol. The number of hydrogen-bond acceptors (Lipinski definition) is 9. The van der Waals surface area contributed by atoms with E-state index in [1.54, 1.807) is 21.6 Å². The number of amides is 5. The highest BCUT2D eigenvalue weighted by Crippen LogP contribution is 2.44. The van der Waals surface area contributed by atoms with Gasteiger partial charge in [-0.2, -0.15) is 0 Å². The summed E-state index contributed by atoms with van der Waals surface area (Å²) in [7, 11) is 5.15. The van der Waals surface area contributed by atoms with E-state index in [9.17, 15) is 24.0 Å². The minimum Gasteiger partial charge on any atom is -0.449 e. The fourth-order valence-electron chi connectivity index (χ4n) is 5.86. The van der Waals surface area contributed by atoms with Crippen molar-refractivity contribution in [2.24, 2.45) is 5.73 Å². The van der Waals surface area contributed by atoms with Crippen molar-refractivity contribution in [3.63, 3.8) is 0 Å². The number of hydrogen-bond donors (Lipinski definition) is 6. The Hall–Kier alpha value is -4.53. The van der Waals surface area contributed by atoms with Crippen LogP contribution in [0.1, 0.15) is 48.3 Å². The van der Waals surface area contributed by atoms with Crippen LogP contribution in [0.15, 0.2) is 78.9 Å². The van der Waals surface area contributed by atoms with Crippen LogP contribution in [0.5, 0.6) is 0 Å². The normalized spacial score (nSPS) is 12.9. The molecule has 0 heterocycles.